The van der Waals surface area contributed by atoms with Crippen LogP contribution in [0, 0.1) is 6.92 Å². The van der Waals surface area contributed by atoms with Gasteiger partial charge in [0, 0.05) is 60.6 Å². The van der Waals surface area contributed by atoms with Gasteiger partial charge in [-0.25, -0.2) is 9.78 Å². The van der Waals surface area contributed by atoms with Crippen LogP contribution in [-0.4, -0.2) is 35.6 Å². The summed E-state index contributed by atoms with van der Waals surface area (Å²) in [6.45, 7) is 5.88. The van der Waals surface area contributed by atoms with Gasteiger partial charge in [-0.3, -0.25) is 4.40 Å². The maximum atomic E-state index is 12.6. The van der Waals surface area contributed by atoms with Crippen molar-refractivity contribution in [3.8, 4) is 11.3 Å². The van der Waals surface area contributed by atoms with Crippen molar-refractivity contribution >= 4 is 33.0 Å². The first-order chi connectivity index (χ1) is 12.7. The van der Waals surface area contributed by atoms with Gasteiger partial charge in [-0.15, -0.1) is 11.3 Å². The predicted octanol–water partition coefficient (Wildman–Crippen LogP) is 2.89. The lowest BCUT2D eigenvalue weighted by Crippen LogP contribution is -2.43. The lowest BCUT2D eigenvalue weighted by Gasteiger charge is -2.29. The SMILES string of the molecule is Cc1csc2nc(-c3cc4ccc(N5CCNCC5)cc4oc3=O)cn12. The summed E-state index contributed by atoms with van der Waals surface area (Å²) >= 11 is 1.57. The van der Waals surface area contributed by atoms with Crippen LogP contribution in [0.1, 0.15) is 5.69 Å². The van der Waals surface area contributed by atoms with Crippen LogP contribution in [0.4, 0.5) is 5.69 Å². The molecule has 1 aliphatic heterocycles. The van der Waals surface area contributed by atoms with Gasteiger partial charge in [-0.1, -0.05) is 0 Å². The number of nitrogens with zero attached hydrogens (tertiary/aromatic N) is 3. The summed E-state index contributed by atoms with van der Waals surface area (Å²) < 4.78 is 7.63. The van der Waals surface area contributed by atoms with Gasteiger partial charge in [0.1, 0.15) is 5.58 Å². The van der Waals surface area contributed by atoms with Crippen molar-refractivity contribution in [2.24, 2.45) is 0 Å². The molecule has 1 aliphatic rings. The molecule has 4 heterocycles. The summed E-state index contributed by atoms with van der Waals surface area (Å²) in [5.74, 6) is 0. The summed E-state index contributed by atoms with van der Waals surface area (Å²) in [4.78, 5) is 20.3. The minimum absolute atomic E-state index is 0.349. The van der Waals surface area contributed by atoms with Gasteiger partial charge in [0.25, 0.3) is 0 Å². The van der Waals surface area contributed by atoms with Gasteiger partial charge in [0.2, 0.25) is 0 Å². The molecule has 4 aromatic rings. The third-order valence-corrected chi connectivity index (χ3v) is 5.82. The molecule has 0 aliphatic carbocycles. The van der Waals surface area contributed by atoms with Crippen molar-refractivity contribution in [2.75, 3.05) is 31.1 Å². The summed E-state index contributed by atoms with van der Waals surface area (Å²) in [7, 11) is 0. The lowest BCUT2D eigenvalue weighted by molar-refractivity contribution is 0.561. The molecular formula is C19H18N4O2S. The van der Waals surface area contributed by atoms with Crippen molar-refractivity contribution < 1.29 is 4.42 Å². The van der Waals surface area contributed by atoms with Crippen molar-refractivity contribution in [2.45, 2.75) is 6.92 Å². The fourth-order valence-electron chi connectivity index (χ4n) is 3.42. The molecule has 3 aromatic heterocycles. The van der Waals surface area contributed by atoms with Crippen LogP contribution < -0.4 is 15.8 Å². The van der Waals surface area contributed by atoms with Crippen molar-refractivity contribution in [1.82, 2.24) is 14.7 Å². The quantitative estimate of drug-likeness (QED) is 0.553. The molecule has 26 heavy (non-hydrogen) atoms. The van der Waals surface area contributed by atoms with Crippen molar-refractivity contribution in [3.05, 3.63) is 52.0 Å². The van der Waals surface area contributed by atoms with E-state index in [4.69, 9.17) is 4.42 Å². The van der Waals surface area contributed by atoms with E-state index < -0.39 is 0 Å². The zero-order chi connectivity index (χ0) is 17.7. The molecule has 1 N–H and O–H groups in total. The number of hydrogen-bond donors (Lipinski definition) is 1. The molecule has 7 heteroatoms. The Balaban J connectivity index is 1.59. The molecule has 0 amide bonds. The largest absolute Gasteiger partial charge is 0.422 e. The van der Waals surface area contributed by atoms with Crippen LogP contribution in [0.25, 0.3) is 27.2 Å². The minimum Gasteiger partial charge on any atom is -0.422 e. The van der Waals surface area contributed by atoms with Crippen molar-refractivity contribution in [1.29, 1.82) is 0 Å². The molecule has 6 nitrogen and oxygen atoms in total. The summed E-state index contributed by atoms with van der Waals surface area (Å²) in [6.07, 6.45) is 1.90. The van der Waals surface area contributed by atoms with Gasteiger partial charge in [0.05, 0.1) is 11.3 Å². The molecule has 0 spiro atoms. The minimum atomic E-state index is -0.349. The first-order valence-corrected chi connectivity index (χ1v) is 9.54. The third kappa shape index (κ3) is 2.51. The van der Waals surface area contributed by atoms with Crippen LogP contribution >= 0.6 is 11.3 Å². The van der Waals surface area contributed by atoms with E-state index in [2.05, 4.69) is 21.3 Å². The molecule has 0 saturated carbocycles. The number of thiazole rings is 1. The summed E-state index contributed by atoms with van der Waals surface area (Å²) in [6, 6.07) is 7.95. The van der Waals surface area contributed by atoms with Crippen LogP contribution in [0.15, 0.2) is 45.1 Å². The highest BCUT2D eigenvalue weighted by Crippen LogP contribution is 2.26. The zero-order valence-electron chi connectivity index (χ0n) is 14.4. The highest BCUT2D eigenvalue weighted by atomic mass is 32.1. The molecule has 1 fully saturated rings. The Bertz CT molecular complexity index is 1170. The predicted molar refractivity (Wildman–Crippen MR) is 104 cm³/mol. The number of aromatic nitrogens is 2. The molecule has 132 valence electrons. The number of nitrogens with one attached hydrogen (secondary N) is 1. The van der Waals surface area contributed by atoms with E-state index in [0.717, 1.165) is 47.9 Å². The highest BCUT2D eigenvalue weighted by Gasteiger charge is 2.15. The summed E-state index contributed by atoms with van der Waals surface area (Å²) in [5, 5.41) is 6.30. The second-order valence-corrected chi connectivity index (χ2v) is 7.40. The highest BCUT2D eigenvalue weighted by molar-refractivity contribution is 7.15. The van der Waals surface area contributed by atoms with Gasteiger partial charge in [-0.2, -0.15) is 0 Å². The fraction of sp³-hybridized carbons (Fsp3) is 0.263. The average molecular weight is 366 g/mol. The normalized spacial score (nSPS) is 15.2. The molecule has 1 saturated heterocycles. The average Bonchev–Trinajstić information content (AvgIpc) is 3.23. The molecule has 0 unspecified atom stereocenters. The van der Waals surface area contributed by atoms with Gasteiger partial charge < -0.3 is 14.6 Å². The van der Waals surface area contributed by atoms with Gasteiger partial charge >= 0.3 is 5.63 Å². The molecule has 5 rings (SSSR count). The monoisotopic (exact) mass is 366 g/mol. The van der Waals surface area contributed by atoms with E-state index in [9.17, 15) is 4.79 Å². The van der Waals surface area contributed by atoms with E-state index in [-0.39, 0.29) is 5.63 Å². The first kappa shape index (κ1) is 15.6. The van der Waals surface area contributed by atoms with Crippen molar-refractivity contribution in [3.63, 3.8) is 0 Å². The van der Waals surface area contributed by atoms with Crippen LogP contribution in [0.2, 0.25) is 0 Å². The Hall–Kier alpha value is -2.64. The third-order valence-electron chi connectivity index (χ3n) is 4.87. The van der Waals surface area contributed by atoms with Crippen LogP contribution in [0.5, 0.6) is 0 Å². The second-order valence-electron chi connectivity index (χ2n) is 6.56. The number of fused-ring (bicyclic) bond motifs is 2. The topological polar surface area (TPSA) is 62.8 Å². The van der Waals surface area contributed by atoms with Gasteiger partial charge in [-0.05, 0) is 25.1 Å². The first-order valence-electron chi connectivity index (χ1n) is 8.66. The van der Waals surface area contributed by atoms with E-state index in [1.54, 1.807) is 11.3 Å². The van der Waals surface area contributed by atoms with Crippen LogP contribution in [0.3, 0.4) is 0 Å². The van der Waals surface area contributed by atoms with E-state index >= 15 is 0 Å². The smallest absolute Gasteiger partial charge is 0.345 e. The Labute approximate surface area is 153 Å². The number of rotatable bonds is 2. The zero-order valence-corrected chi connectivity index (χ0v) is 15.2. The van der Waals surface area contributed by atoms with E-state index in [1.165, 1.54) is 0 Å². The standard InChI is InChI=1S/C19H18N4O2S/c1-12-11-26-19-21-16(10-23(12)19)15-8-13-2-3-14(9-17(13)25-18(15)24)22-6-4-20-5-7-22/h2-3,8-11,20H,4-7H2,1H3. The maximum Gasteiger partial charge on any atom is 0.345 e. The second kappa shape index (κ2) is 5.96. The number of aryl methyl sites for hydroxylation is 1. The molecule has 1 aromatic carbocycles. The van der Waals surface area contributed by atoms with E-state index in [1.807, 2.05) is 41.1 Å². The lowest BCUT2D eigenvalue weighted by atomic mass is 10.1. The Morgan fingerprint density at radius 1 is 1.23 bits per heavy atom. The van der Waals surface area contributed by atoms with Gasteiger partial charge in [0.15, 0.2) is 4.96 Å². The number of hydrogen-bond acceptors (Lipinski definition) is 6. The molecule has 0 atom stereocenters. The number of piperazine rings is 1. The van der Waals surface area contributed by atoms with E-state index in [0.29, 0.717) is 16.8 Å². The molecule has 0 radical (unpaired) electrons. The Kier molecular flexibility index (Phi) is 3.58. The Morgan fingerprint density at radius 2 is 2.08 bits per heavy atom. The number of benzene rings is 1. The maximum absolute atomic E-state index is 12.6. The molecule has 0 bridgehead atoms. The Morgan fingerprint density at radius 3 is 2.88 bits per heavy atom. The fourth-order valence-corrected chi connectivity index (χ4v) is 4.27. The number of imidazole rings is 1. The number of anilines is 1. The summed E-state index contributed by atoms with van der Waals surface area (Å²) in [5.41, 5.74) is 3.62. The van der Waals surface area contributed by atoms with Crippen LogP contribution in [-0.2, 0) is 0 Å². The molecular weight excluding hydrogens is 348 g/mol.